The van der Waals surface area contributed by atoms with Gasteiger partial charge >= 0.3 is 5.97 Å². The zero-order chi connectivity index (χ0) is 14.8. The largest absolute Gasteiger partial charge is 0.477 e. The molecule has 0 saturated heterocycles. The van der Waals surface area contributed by atoms with Crippen LogP contribution >= 0.6 is 0 Å². The smallest absolute Gasteiger partial charge is 0.354 e. The van der Waals surface area contributed by atoms with Crippen molar-refractivity contribution in [2.45, 2.75) is 25.4 Å². The van der Waals surface area contributed by atoms with E-state index in [9.17, 15) is 9.59 Å². The Kier molecular flexibility index (Phi) is 3.43. The first-order valence-electron chi connectivity index (χ1n) is 6.78. The van der Waals surface area contributed by atoms with E-state index in [1.165, 1.54) is 6.33 Å². The molecule has 2 aromatic rings. The van der Waals surface area contributed by atoms with Gasteiger partial charge in [-0.2, -0.15) is 0 Å². The highest BCUT2D eigenvalue weighted by Gasteiger charge is 2.35. The van der Waals surface area contributed by atoms with Crippen molar-refractivity contribution in [3.05, 3.63) is 53.6 Å². The first-order chi connectivity index (χ1) is 10.2. The average molecular weight is 285 g/mol. The third-order valence-electron chi connectivity index (χ3n) is 3.50. The molecule has 1 fully saturated rings. The van der Waals surface area contributed by atoms with Crippen molar-refractivity contribution in [3.8, 4) is 0 Å². The van der Waals surface area contributed by atoms with Gasteiger partial charge in [0.05, 0.1) is 6.33 Å². The molecule has 108 valence electrons. The average Bonchev–Trinajstić information content (AvgIpc) is 3.20. The van der Waals surface area contributed by atoms with Crippen molar-refractivity contribution in [2.24, 2.45) is 0 Å². The van der Waals surface area contributed by atoms with E-state index in [-0.39, 0.29) is 23.3 Å². The van der Waals surface area contributed by atoms with Gasteiger partial charge in [-0.1, -0.05) is 30.3 Å². The Hall–Kier alpha value is -2.63. The third kappa shape index (κ3) is 2.79. The Bertz CT molecular complexity index is 662. The van der Waals surface area contributed by atoms with Gasteiger partial charge in [0.15, 0.2) is 11.4 Å². The number of benzene rings is 1. The highest BCUT2D eigenvalue weighted by Crippen LogP contribution is 2.30. The van der Waals surface area contributed by atoms with E-state index < -0.39 is 5.97 Å². The Morgan fingerprint density at radius 2 is 2.00 bits per heavy atom. The monoisotopic (exact) mass is 285 g/mol. The van der Waals surface area contributed by atoms with E-state index in [0.29, 0.717) is 6.54 Å². The molecule has 6 nitrogen and oxygen atoms in total. The van der Waals surface area contributed by atoms with Gasteiger partial charge in [-0.3, -0.25) is 4.79 Å². The normalized spacial score (nSPS) is 13.9. The summed E-state index contributed by atoms with van der Waals surface area (Å²) in [5, 5.41) is 9.09. The molecule has 0 bridgehead atoms. The number of aromatic carboxylic acids is 1. The molecule has 0 spiro atoms. The lowest BCUT2D eigenvalue weighted by molar-refractivity contribution is 0.0661. The lowest BCUT2D eigenvalue weighted by Gasteiger charge is -2.21. The van der Waals surface area contributed by atoms with E-state index in [2.05, 4.69) is 9.97 Å². The number of H-pyrrole nitrogens is 1. The summed E-state index contributed by atoms with van der Waals surface area (Å²) >= 11 is 0. The number of amides is 1. The zero-order valence-electron chi connectivity index (χ0n) is 11.3. The maximum Gasteiger partial charge on any atom is 0.354 e. The minimum atomic E-state index is -1.17. The second-order valence-corrected chi connectivity index (χ2v) is 5.08. The molecule has 1 aromatic heterocycles. The van der Waals surface area contributed by atoms with Gasteiger partial charge in [0.1, 0.15) is 0 Å². The number of hydrogen-bond donors (Lipinski definition) is 2. The van der Waals surface area contributed by atoms with E-state index in [1.54, 1.807) is 4.90 Å². The summed E-state index contributed by atoms with van der Waals surface area (Å²) < 4.78 is 0. The van der Waals surface area contributed by atoms with Gasteiger partial charge in [0.2, 0.25) is 0 Å². The fourth-order valence-electron chi connectivity index (χ4n) is 2.29. The van der Waals surface area contributed by atoms with Crippen LogP contribution in [0.15, 0.2) is 36.7 Å². The predicted molar refractivity (Wildman–Crippen MR) is 74.9 cm³/mol. The molecule has 1 aliphatic rings. The standard InChI is InChI=1S/C15H15N3O3/c19-14(12-13(15(20)21)17-9-16-12)18(11-6-7-11)8-10-4-2-1-3-5-10/h1-5,9,11H,6-8H2,(H,16,17)(H,20,21). The number of carbonyl (C=O) groups is 2. The highest BCUT2D eigenvalue weighted by atomic mass is 16.4. The van der Waals surface area contributed by atoms with Crippen molar-refractivity contribution < 1.29 is 14.7 Å². The van der Waals surface area contributed by atoms with Crippen molar-refractivity contribution in [1.82, 2.24) is 14.9 Å². The molecule has 6 heteroatoms. The van der Waals surface area contributed by atoms with Crippen LogP contribution in [0.2, 0.25) is 0 Å². The summed E-state index contributed by atoms with van der Waals surface area (Å²) in [6, 6.07) is 9.83. The number of carboxylic acid groups (broad SMARTS) is 1. The quantitative estimate of drug-likeness (QED) is 0.878. The summed E-state index contributed by atoms with van der Waals surface area (Å²) in [5.74, 6) is -1.51. The Labute approximate surface area is 121 Å². The van der Waals surface area contributed by atoms with Gasteiger partial charge < -0.3 is 15.0 Å². The van der Waals surface area contributed by atoms with Crippen LogP contribution in [0, 0.1) is 0 Å². The number of carbonyl (C=O) groups excluding carboxylic acids is 1. The summed E-state index contributed by atoms with van der Waals surface area (Å²) in [6.45, 7) is 0.469. The number of aromatic amines is 1. The number of hydrogen-bond acceptors (Lipinski definition) is 3. The summed E-state index contributed by atoms with van der Waals surface area (Å²) in [5.41, 5.74) is 0.842. The minimum absolute atomic E-state index is 0.0228. The molecule has 1 aliphatic carbocycles. The van der Waals surface area contributed by atoms with Crippen LogP contribution in [0.4, 0.5) is 0 Å². The molecule has 0 aliphatic heterocycles. The zero-order valence-corrected chi connectivity index (χ0v) is 11.3. The first kappa shape index (κ1) is 13.4. The molecular formula is C15H15N3O3. The molecule has 2 N–H and O–H groups in total. The SMILES string of the molecule is O=C(O)c1[nH]cnc1C(=O)N(Cc1ccccc1)C1CC1. The molecule has 0 radical (unpaired) electrons. The number of carboxylic acids is 1. The fourth-order valence-corrected chi connectivity index (χ4v) is 2.29. The molecule has 0 unspecified atom stereocenters. The molecular weight excluding hydrogens is 270 g/mol. The summed E-state index contributed by atoms with van der Waals surface area (Å²) in [7, 11) is 0. The Morgan fingerprint density at radius 1 is 1.29 bits per heavy atom. The second kappa shape index (κ2) is 5.40. The van der Waals surface area contributed by atoms with Gasteiger partial charge in [0.25, 0.3) is 5.91 Å². The van der Waals surface area contributed by atoms with Crippen LogP contribution in [0.1, 0.15) is 39.4 Å². The predicted octanol–water partition coefficient (Wildman–Crippen LogP) is 1.91. The van der Waals surface area contributed by atoms with Gasteiger partial charge in [-0.15, -0.1) is 0 Å². The summed E-state index contributed by atoms with van der Waals surface area (Å²) in [4.78, 5) is 31.8. The molecule has 1 heterocycles. The van der Waals surface area contributed by atoms with Crippen LogP contribution in [0.5, 0.6) is 0 Å². The topological polar surface area (TPSA) is 86.3 Å². The van der Waals surface area contributed by atoms with E-state index in [4.69, 9.17) is 5.11 Å². The number of nitrogens with one attached hydrogen (secondary N) is 1. The Balaban J connectivity index is 1.85. The van der Waals surface area contributed by atoms with Crippen molar-refractivity contribution in [2.75, 3.05) is 0 Å². The first-order valence-corrected chi connectivity index (χ1v) is 6.78. The number of aromatic nitrogens is 2. The van der Waals surface area contributed by atoms with Gasteiger partial charge in [-0.05, 0) is 18.4 Å². The minimum Gasteiger partial charge on any atom is -0.477 e. The molecule has 21 heavy (non-hydrogen) atoms. The van der Waals surface area contributed by atoms with Crippen LogP contribution < -0.4 is 0 Å². The molecule has 1 amide bonds. The summed E-state index contributed by atoms with van der Waals surface area (Å²) in [6.07, 6.45) is 3.14. The molecule has 1 aromatic carbocycles. The van der Waals surface area contributed by atoms with Crippen LogP contribution in [-0.2, 0) is 6.54 Å². The molecule has 3 rings (SSSR count). The lowest BCUT2D eigenvalue weighted by Crippen LogP contribution is -2.33. The highest BCUT2D eigenvalue weighted by molar-refractivity contribution is 6.02. The Morgan fingerprint density at radius 3 is 2.62 bits per heavy atom. The maximum absolute atomic E-state index is 12.6. The van der Waals surface area contributed by atoms with Crippen LogP contribution in [0.3, 0.4) is 0 Å². The van der Waals surface area contributed by atoms with Crippen LogP contribution in [-0.4, -0.2) is 37.9 Å². The third-order valence-corrected chi connectivity index (χ3v) is 3.50. The number of rotatable bonds is 5. The van der Waals surface area contributed by atoms with E-state index >= 15 is 0 Å². The van der Waals surface area contributed by atoms with Crippen molar-refractivity contribution in [1.29, 1.82) is 0 Å². The van der Waals surface area contributed by atoms with Crippen LogP contribution in [0.25, 0.3) is 0 Å². The number of imidazole rings is 1. The maximum atomic E-state index is 12.6. The van der Waals surface area contributed by atoms with Gasteiger partial charge in [0, 0.05) is 12.6 Å². The second-order valence-electron chi connectivity index (χ2n) is 5.08. The van der Waals surface area contributed by atoms with Gasteiger partial charge in [-0.25, -0.2) is 9.78 Å². The lowest BCUT2D eigenvalue weighted by atomic mass is 10.2. The molecule has 1 saturated carbocycles. The fraction of sp³-hybridized carbons (Fsp3) is 0.267. The van der Waals surface area contributed by atoms with E-state index in [0.717, 1.165) is 18.4 Å². The van der Waals surface area contributed by atoms with Crippen molar-refractivity contribution in [3.63, 3.8) is 0 Å². The van der Waals surface area contributed by atoms with E-state index in [1.807, 2.05) is 30.3 Å². The number of nitrogens with zero attached hydrogens (tertiary/aromatic N) is 2. The van der Waals surface area contributed by atoms with Crippen molar-refractivity contribution >= 4 is 11.9 Å². The molecule has 0 atom stereocenters.